The number of nitrogens with zero attached hydrogens (tertiary/aromatic N) is 2. The Kier molecular flexibility index (Phi) is 10.3. The van der Waals surface area contributed by atoms with Gasteiger partial charge in [-0.1, -0.05) is 42.1 Å². The van der Waals surface area contributed by atoms with E-state index in [4.69, 9.17) is 28.4 Å². The third kappa shape index (κ3) is 7.93. The molecule has 0 unspecified atom stereocenters. The number of H-pyrrole nitrogens is 1. The average Bonchev–Trinajstić information content (AvgIpc) is 3.30. The maximum atomic E-state index is 12.8. The van der Waals surface area contributed by atoms with Crippen molar-refractivity contribution in [2.45, 2.75) is 51.0 Å². The molecule has 0 atom stereocenters. The fourth-order valence-electron chi connectivity index (χ4n) is 4.04. The molecule has 5 N–H and O–H groups in total. The Labute approximate surface area is 213 Å². The molecule has 2 heterocycles. The number of aromatic amines is 1. The van der Waals surface area contributed by atoms with Crippen LogP contribution in [0.1, 0.15) is 65.8 Å². The molecule has 1 saturated heterocycles. The third-order valence-electron chi connectivity index (χ3n) is 5.98. The van der Waals surface area contributed by atoms with Crippen molar-refractivity contribution in [3.05, 3.63) is 45.7 Å². The lowest BCUT2D eigenvalue weighted by atomic mass is 10.0. The molecule has 1 aromatic carbocycles. The lowest BCUT2D eigenvalue weighted by Crippen LogP contribution is -2.45. The smallest absolute Gasteiger partial charge is 0.271 e. The van der Waals surface area contributed by atoms with E-state index in [9.17, 15) is 14.4 Å². The maximum Gasteiger partial charge on any atom is 0.271 e. The molecule has 1 fully saturated rings. The number of amides is 3. The van der Waals surface area contributed by atoms with Crippen LogP contribution in [0.5, 0.6) is 0 Å². The van der Waals surface area contributed by atoms with Crippen molar-refractivity contribution in [2.24, 2.45) is 0 Å². The summed E-state index contributed by atoms with van der Waals surface area (Å²) in [6.45, 7) is 2.75. The van der Waals surface area contributed by atoms with Crippen LogP contribution in [0.4, 0.5) is 5.69 Å². The first-order valence-corrected chi connectivity index (χ1v) is 12.4. The number of aromatic nitrogens is 2. The summed E-state index contributed by atoms with van der Waals surface area (Å²) in [5, 5.41) is 21.1. The number of benzene rings is 1. The van der Waals surface area contributed by atoms with Crippen molar-refractivity contribution in [1.29, 1.82) is 0 Å². The van der Waals surface area contributed by atoms with E-state index in [2.05, 4.69) is 25.7 Å². The number of carbonyl (C=O) groups excluding carboxylic acids is 3. The van der Waals surface area contributed by atoms with Crippen molar-refractivity contribution in [3.8, 4) is 0 Å². The summed E-state index contributed by atoms with van der Waals surface area (Å²) in [7, 11) is 0. The highest BCUT2D eigenvalue weighted by molar-refractivity contribution is 6.40. The molecule has 0 bridgehead atoms. The van der Waals surface area contributed by atoms with E-state index >= 15 is 0 Å². The molecule has 2 aromatic rings. The molecule has 3 rings (SSSR count). The summed E-state index contributed by atoms with van der Waals surface area (Å²) in [5.74, 6) is -1.21. The highest BCUT2D eigenvalue weighted by Gasteiger charge is 2.24. The van der Waals surface area contributed by atoms with E-state index in [1.165, 1.54) is 6.20 Å². The summed E-state index contributed by atoms with van der Waals surface area (Å²) in [5.41, 5.74) is 2.19. The Morgan fingerprint density at radius 1 is 1.06 bits per heavy atom. The predicted octanol–water partition coefficient (Wildman–Crippen LogP) is 3.62. The summed E-state index contributed by atoms with van der Waals surface area (Å²) < 4.78 is 0. The monoisotopic (exact) mass is 524 g/mol. The molecule has 12 heteroatoms. The van der Waals surface area contributed by atoms with Gasteiger partial charge >= 0.3 is 0 Å². The summed E-state index contributed by atoms with van der Waals surface area (Å²) in [4.78, 5) is 38.8. The maximum absolute atomic E-state index is 12.8. The number of nitrogens with one attached hydrogen (secondary N) is 4. The molecular formula is C23H30Cl2N6O4. The van der Waals surface area contributed by atoms with Crippen LogP contribution in [0.3, 0.4) is 0 Å². The number of carbonyl (C=O) groups is 3. The van der Waals surface area contributed by atoms with Crippen molar-refractivity contribution < 1.29 is 19.6 Å². The molecule has 1 aromatic heterocycles. The first-order chi connectivity index (χ1) is 16.9. The van der Waals surface area contributed by atoms with Gasteiger partial charge in [0.15, 0.2) is 0 Å². The normalized spacial score (nSPS) is 14.5. The van der Waals surface area contributed by atoms with E-state index in [1.54, 1.807) is 23.7 Å². The molecule has 0 saturated carbocycles. The minimum atomic E-state index is -0.527. The van der Waals surface area contributed by atoms with Crippen LogP contribution in [-0.2, 0) is 4.79 Å². The summed E-state index contributed by atoms with van der Waals surface area (Å²) in [6.07, 6.45) is 7.16. The van der Waals surface area contributed by atoms with Crippen molar-refractivity contribution >= 4 is 46.6 Å². The summed E-state index contributed by atoms with van der Waals surface area (Å²) >= 11 is 12.2. The number of unbranched alkanes of at least 4 members (excludes halogenated alkanes) is 3. The van der Waals surface area contributed by atoms with Gasteiger partial charge in [-0.3, -0.25) is 24.7 Å². The van der Waals surface area contributed by atoms with Crippen molar-refractivity contribution in [2.75, 3.05) is 25.0 Å². The van der Waals surface area contributed by atoms with Gasteiger partial charge in [-0.15, -0.1) is 0 Å². The molecule has 1 aliphatic heterocycles. The van der Waals surface area contributed by atoms with E-state index in [1.807, 2.05) is 0 Å². The molecule has 0 spiro atoms. The fourth-order valence-corrected chi connectivity index (χ4v) is 4.61. The van der Waals surface area contributed by atoms with E-state index in [-0.39, 0.29) is 44.8 Å². The molecule has 1 aliphatic rings. The number of anilines is 1. The lowest BCUT2D eigenvalue weighted by molar-refractivity contribution is -0.129. The number of halogens is 2. The van der Waals surface area contributed by atoms with Gasteiger partial charge in [0, 0.05) is 25.6 Å². The van der Waals surface area contributed by atoms with Gasteiger partial charge in [-0.25, -0.2) is 5.48 Å². The van der Waals surface area contributed by atoms with Crippen LogP contribution in [0, 0.1) is 0 Å². The number of rotatable bonds is 11. The van der Waals surface area contributed by atoms with Crippen LogP contribution in [0.15, 0.2) is 24.4 Å². The zero-order chi connectivity index (χ0) is 25.2. The van der Waals surface area contributed by atoms with Gasteiger partial charge in [0.2, 0.25) is 5.91 Å². The van der Waals surface area contributed by atoms with Crippen LogP contribution >= 0.6 is 23.2 Å². The molecule has 3 amide bonds. The first-order valence-electron chi connectivity index (χ1n) is 11.6. The molecule has 190 valence electrons. The Morgan fingerprint density at radius 3 is 2.43 bits per heavy atom. The summed E-state index contributed by atoms with van der Waals surface area (Å²) in [6, 6.07) is 4.81. The zero-order valence-corrected chi connectivity index (χ0v) is 20.8. The Bertz CT molecular complexity index is 1000. The largest absolute Gasteiger partial charge is 0.348 e. The molecule has 0 radical (unpaired) electrons. The van der Waals surface area contributed by atoms with Crippen LogP contribution in [-0.4, -0.2) is 63.7 Å². The van der Waals surface area contributed by atoms with E-state index in [0.29, 0.717) is 6.42 Å². The Balaban J connectivity index is 1.41. The lowest BCUT2D eigenvalue weighted by Gasteiger charge is -2.32. The topological polar surface area (TPSA) is 139 Å². The zero-order valence-electron chi connectivity index (χ0n) is 19.3. The molecule has 0 aliphatic carbocycles. The highest BCUT2D eigenvalue weighted by atomic mass is 35.5. The van der Waals surface area contributed by atoms with Gasteiger partial charge in [0.1, 0.15) is 5.69 Å². The van der Waals surface area contributed by atoms with Gasteiger partial charge in [-0.05, 0) is 44.4 Å². The first kappa shape index (κ1) is 26.9. The minimum absolute atomic E-state index is 0.0283. The average molecular weight is 525 g/mol. The quantitative estimate of drug-likeness (QED) is 0.173. The van der Waals surface area contributed by atoms with Crippen LogP contribution in [0.25, 0.3) is 0 Å². The number of hydrogen-bond donors (Lipinski definition) is 5. The van der Waals surface area contributed by atoms with Gasteiger partial charge in [0.05, 0.1) is 27.5 Å². The number of hydroxylamine groups is 1. The Morgan fingerprint density at radius 2 is 1.74 bits per heavy atom. The minimum Gasteiger partial charge on any atom is -0.348 e. The molecule has 35 heavy (non-hydrogen) atoms. The number of likely N-dealkylation sites (tertiary alicyclic amines) is 1. The Hall–Kier alpha value is -2.66. The van der Waals surface area contributed by atoms with Gasteiger partial charge < -0.3 is 15.5 Å². The van der Waals surface area contributed by atoms with Crippen LogP contribution < -0.4 is 16.1 Å². The highest BCUT2D eigenvalue weighted by Crippen LogP contribution is 2.26. The van der Waals surface area contributed by atoms with Gasteiger partial charge in [0.25, 0.3) is 11.8 Å². The molecular weight excluding hydrogens is 495 g/mol. The van der Waals surface area contributed by atoms with Crippen molar-refractivity contribution in [1.82, 2.24) is 25.9 Å². The standard InChI is InChI=1S/C23H30Cl2N6O4/c24-16-6-5-7-17(25)20(16)22(33)28-18-14-26-29-21(18)23(34)27-15-9-12-31(13-10-15)11-4-2-1-3-8-19(32)30-35/h5-7,14-15,35H,1-4,8-13H2,(H,26,29)(H,27,34)(H,28,33)(H,30,32). The number of piperidine rings is 1. The second kappa shape index (κ2) is 13.4. The molecule has 10 nitrogen and oxygen atoms in total. The third-order valence-corrected chi connectivity index (χ3v) is 6.61. The van der Waals surface area contributed by atoms with Crippen molar-refractivity contribution in [3.63, 3.8) is 0 Å². The second-order valence-corrected chi connectivity index (χ2v) is 9.31. The number of hydrogen-bond acceptors (Lipinski definition) is 6. The van der Waals surface area contributed by atoms with Crippen LogP contribution in [0.2, 0.25) is 10.0 Å². The van der Waals surface area contributed by atoms with E-state index in [0.717, 1.165) is 58.2 Å². The fraction of sp³-hybridized carbons (Fsp3) is 0.478. The predicted molar refractivity (Wildman–Crippen MR) is 133 cm³/mol. The van der Waals surface area contributed by atoms with Gasteiger partial charge in [-0.2, -0.15) is 5.10 Å². The van der Waals surface area contributed by atoms with E-state index < -0.39 is 5.91 Å². The SMILES string of the molecule is O=C(CCCCCCN1CCC(NC(=O)c2[nH]ncc2NC(=O)c2c(Cl)cccc2Cl)CC1)NO. The second-order valence-electron chi connectivity index (χ2n) is 8.50.